The molecule has 1 nitrogen and oxygen atoms in total. The van der Waals surface area contributed by atoms with E-state index in [0.29, 0.717) is 22.7 Å². The van der Waals surface area contributed by atoms with E-state index in [1.165, 1.54) is 12.1 Å². The van der Waals surface area contributed by atoms with Crippen LogP contribution in [0.4, 0.5) is 8.78 Å². The molecule has 0 aliphatic heterocycles. The number of rotatable bonds is 3. The third-order valence-electron chi connectivity index (χ3n) is 2.62. The van der Waals surface area contributed by atoms with Crippen molar-refractivity contribution in [1.29, 1.82) is 0 Å². The lowest BCUT2D eigenvalue weighted by atomic mass is 10.0. The molecule has 2 rings (SSSR count). The van der Waals surface area contributed by atoms with Crippen molar-refractivity contribution in [1.82, 2.24) is 5.32 Å². The van der Waals surface area contributed by atoms with Crippen LogP contribution >= 0.6 is 11.6 Å². The van der Waals surface area contributed by atoms with Crippen molar-refractivity contribution >= 4 is 11.6 Å². The van der Waals surface area contributed by atoms with Crippen molar-refractivity contribution < 1.29 is 8.78 Å². The third kappa shape index (κ3) is 2.86. The van der Waals surface area contributed by atoms with Crippen molar-refractivity contribution in [2.24, 2.45) is 0 Å². The lowest BCUT2D eigenvalue weighted by Gasteiger charge is -2.07. The molecule has 0 saturated heterocycles. The standard InChI is InChI=1S/C14H12ClF2N/c1-18-8-10-3-2-9(6-14(10)15)11-4-12(16)7-13(17)5-11/h2-7,18H,8H2,1H3. The molecule has 0 heterocycles. The molecule has 2 aromatic carbocycles. The largest absolute Gasteiger partial charge is 0.316 e. The van der Waals surface area contributed by atoms with Gasteiger partial charge in [-0.1, -0.05) is 23.7 Å². The van der Waals surface area contributed by atoms with Crippen molar-refractivity contribution in [2.45, 2.75) is 6.54 Å². The molecule has 1 N–H and O–H groups in total. The Morgan fingerprint density at radius 3 is 2.22 bits per heavy atom. The minimum absolute atomic E-state index is 0.477. The Kier molecular flexibility index (Phi) is 3.94. The summed E-state index contributed by atoms with van der Waals surface area (Å²) in [5.41, 5.74) is 2.11. The van der Waals surface area contributed by atoms with Crippen molar-refractivity contribution in [2.75, 3.05) is 7.05 Å². The van der Waals surface area contributed by atoms with E-state index in [4.69, 9.17) is 11.6 Å². The van der Waals surface area contributed by atoms with Gasteiger partial charge < -0.3 is 5.32 Å². The first-order chi connectivity index (χ1) is 8.60. The van der Waals surface area contributed by atoms with Crippen LogP contribution in [0.25, 0.3) is 11.1 Å². The van der Waals surface area contributed by atoms with Gasteiger partial charge in [0.2, 0.25) is 0 Å². The summed E-state index contributed by atoms with van der Waals surface area (Å²) in [4.78, 5) is 0. The van der Waals surface area contributed by atoms with Gasteiger partial charge in [0.15, 0.2) is 0 Å². The van der Waals surface area contributed by atoms with Gasteiger partial charge in [-0.3, -0.25) is 0 Å². The molecule has 0 fully saturated rings. The summed E-state index contributed by atoms with van der Waals surface area (Å²) in [6.07, 6.45) is 0. The molecule has 2 aromatic rings. The van der Waals surface area contributed by atoms with E-state index in [2.05, 4.69) is 5.32 Å². The van der Waals surface area contributed by atoms with Crippen molar-refractivity contribution in [3.8, 4) is 11.1 Å². The van der Waals surface area contributed by atoms with E-state index >= 15 is 0 Å². The van der Waals surface area contributed by atoms with Crippen LogP contribution in [0.15, 0.2) is 36.4 Å². The molecular weight excluding hydrogens is 256 g/mol. The van der Waals surface area contributed by atoms with Crippen LogP contribution in [0.2, 0.25) is 5.02 Å². The topological polar surface area (TPSA) is 12.0 Å². The monoisotopic (exact) mass is 267 g/mol. The highest BCUT2D eigenvalue weighted by molar-refractivity contribution is 6.31. The van der Waals surface area contributed by atoms with Gasteiger partial charge in [-0.05, 0) is 41.9 Å². The third-order valence-corrected chi connectivity index (χ3v) is 2.97. The van der Waals surface area contributed by atoms with Crippen LogP contribution in [0.3, 0.4) is 0 Å². The van der Waals surface area contributed by atoms with Crippen LogP contribution < -0.4 is 5.32 Å². The Labute approximate surface area is 109 Å². The molecule has 18 heavy (non-hydrogen) atoms. The van der Waals surface area contributed by atoms with Crippen LogP contribution in [0, 0.1) is 11.6 Å². The number of benzene rings is 2. The maximum absolute atomic E-state index is 13.1. The average molecular weight is 268 g/mol. The molecule has 0 spiro atoms. The van der Waals surface area contributed by atoms with Crippen LogP contribution in [0.5, 0.6) is 0 Å². The number of nitrogens with one attached hydrogen (secondary N) is 1. The molecule has 0 atom stereocenters. The minimum Gasteiger partial charge on any atom is -0.316 e. The number of halogens is 3. The molecule has 0 aromatic heterocycles. The highest BCUT2D eigenvalue weighted by Gasteiger charge is 2.06. The van der Waals surface area contributed by atoms with E-state index in [9.17, 15) is 8.78 Å². The van der Waals surface area contributed by atoms with Gasteiger partial charge in [0, 0.05) is 17.6 Å². The Balaban J connectivity index is 2.42. The number of hydrogen-bond donors (Lipinski definition) is 1. The van der Waals surface area contributed by atoms with Gasteiger partial charge in [-0.15, -0.1) is 0 Å². The molecule has 0 saturated carbocycles. The second kappa shape index (κ2) is 5.46. The van der Waals surface area contributed by atoms with Crippen LogP contribution in [0.1, 0.15) is 5.56 Å². The average Bonchev–Trinajstić information content (AvgIpc) is 2.30. The van der Waals surface area contributed by atoms with Gasteiger partial charge >= 0.3 is 0 Å². The second-order valence-electron chi connectivity index (χ2n) is 3.99. The Morgan fingerprint density at radius 2 is 1.67 bits per heavy atom. The van der Waals surface area contributed by atoms with Gasteiger partial charge in [0.05, 0.1) is 0 Å². The van der Waals surface area contributed by atoms with E-state index in [1.54, 1.807) is 12.1 Å². The maximum atomic E-state index is 13.1. The lowest BCUT2D eigenvalue weighted by molar-refractivity contribution is 0.584. The fourth-order valence-corrected chi connectivity index (χ4v) is 2.03. The highest BCUT2D eigenvalue weighted by atomic mass is 35.5. The molecule has 0 bridgehead atoms. The summed E-state index contributed by atoms with van der Waals surface area (Å²) in [5.74, 6) is -1.19. The van der Waals surface area contributed by atoms with E-state index < -0.39 is 11.6 Å². The molecule has 0 aliphatic carbocycles. The fourth-order valence-electron chi connectivity index (χ4n) is 1.78. The normalized spacial score (nSPS) is 10.7. The first-order valence-corrected chi connectivity index (χ1v) is 5.87. The quantitative estimate of drug-likeness (QED) is 0.886. The zero-order valence-corrected chi connectivity index (χ0v) is 10.6. The van der Waals surface area contributed by atoms with E-state index in [0.717, 1.165) is 11.6 Å². The molecule has 94 valence electrons. The summed E-state index contributed by atoms with van der Waals surface area (Å²) in [5, 5.41) is 3.57. The Morgan fingerprint density at radius 1 is 1.00 bits per heavy atom. The first kappa shape index (κ1) is 13.0. The summed E-state index contributed by atoms with van der Waals surface area (Å²) in [6.45, 7) is 0.649. The predicted octanol–water partition coefficient (Wildman–Crippen LogP) is 4.00. The summed E-state index contributed by atoms with van der Waals surface area (Å²) >= 11 is 6.11. The van der Waals surface area contributed by atoms with Crippen molar-refractivity contribution in [3.63, 3.8) is 0 Å². The summed E-state index contributed by atoms with van der Waals surface area (Å²) in [7, 11) is 1.83. The highest BCUT2D eigenvalue weighted by Crippen LogP contribution is 2.26. The lowest BCUT2D eigenvalue weighted by Crippen LogP contribution is -2.05. The Bertz CT molecular complexity index is 549. The first-order valence-electron chi connectivity index (χ1n) is 5.49. The van der Waals surface area contributed by atoms with Crippen LogP contribution in [-0.2, 0) is 6.54 Å². The Hall–Kier alpha value is -1.45. The molecule has 0 unspecified atom stereocenters. The van der Waals surface area contributed by atoms with Gasteiger partial charge in [-0.25, -0.2) is 8.78 Å². The van der Waals surface area contributed by atoms with E-state index in [1.807, 2.05) is 13.1 Å². The van der Waals surface area contributed by atoms with Crippen LogP contribution in [-0.4, -0.2) is 7.05 Å². The molecular formula is C14H12ClF2N. The second-order valence-corrected chi connectivity index (χ2v) is 4.40. The molecule has 4 heteroatoms. The molecule has 0 amide bonds. The fraction of sp³-hybridized carbons (Fsp3) is 0.143. The van der Waals surface area contributed by atoms with Gasteiger partial charge in [0.1, 0.15) is 11.6 Å². The molecule has 0 aliphatic rings. The summed E-state index contributed by atoms with van der Waals surface area (Å²) < 4.78 is 26.3. The SMILES string of the molecule is CNCc1ccc(-c2cc(F)cc(F)c2)cc1Cl. The zero-order valence-electron chi connectivity index (χ0n) is 9.81. The zero-order chi connectivity index (χ0) is 13.1. The maximum Gasteiger partial charge on any atom is 0.126 e. The smallest absolute Gasteiger partial charge is 0.126 e. The number of hydrogen-bond acceptors (Lipinski definition) is 1. The van der Waals surface area contributed by atoms with E-state index in [-0.39, 0.29) is 0 Å². The predicted molar refractivity (Wildman–Crippen MR) is 69.6 cm³/mol. The van der Waals surface area contributed by atoms with Gasteiger partial charge in [0.25, 0.3) is 0 Å². The molecule has 0 radical (unpaired) electrons. The minimum atomic E-state index is -0.597. The van der Waals surface area contributed by atoms with Gasteiger partial charge in [-0.2, -0.15) is 0 Å². The van der Waals surface area contributed by atoms with Crippen molar-refractivity contribution in [3.05, 3.63) is 58.6 Å². The summed E-state index contributed by atoms with van der Waals surface area (Å²) in [6, 6.07) is 8.77.